The molecule has 0 radical (unpaired) electrons. The summed E-state index contributed by atoms with van der Waals surface area (Å²) in [6, 6.07) is 4.66. The van der Waals surface area contributed by atoms with Gasteiger partial charge in [0.2, 0.25) is 0 Å². The zero-order chi connectivity index (χ0) is 22.0. The number of nitrogens with zero attached hydrogens (tertiary/aromatic N) is 1. The molecule has 1 aromatic heterocycles. The number of aliphatic hydroxyl groups excluding tert-OH is 1. The van der Waals surface area contributed by atoms with E-state index in [1.54, 1.807) is 26.0 Å². The van der Waals surface area contributed by atoms with Crippen molar-refractivity contribution in [1.82, 2.24) is 14.9 Å². The van der Waals surface area contributed by atoms with Gasteiger partial charge in [-0.15, -0.1) is 0 Å². The van der Waals surface area contributed by atoms with Gasteiger partial charge >= 0.3 is 5.69 Å². The summed E-state index contributed by atoms with van der Waals surface area (Å²) in [5, 5.41) is 13.6. The molecule has 0 bridgehead atoms. The van der Waals surface area contributed by atoms with Gasteiger partial charge in [0, 0.05) is 29.7 Å². The molecule has 1 aromatic carbocycles. The molecule has 1 fully saturated rings. The lowest BCUT2D eigenvalue weighted by molar-refractivity contribution is -0.128. The molecule has 11 heteroatoms. The first kappa shape index (κ1) is 22.4. The summed E-state index contributed by atoms with van der Waals surface area (Å²) in [4.78, 5) is 38.1. The molecule has 3 rings (SSSR count). The van der Waals surface area contributed by atoms with E-state index in [1.165, 1.54) is 16.8 Å². The van der Waals surface area contributed by atoms with E-state index in [0.717, 1.165) is 0 Å². The van der Waals surface area contributed by atoms with E-state index in [4.69, 9.17) is 32.7 Å². The molecule has 1 saturated heterocycles. The van der Waals surface area contributed by atoms with Gasteiger partial charge in [-0.2, -0.15) is 0 Å². The molecule has 2 aromatic rings. The topological polar surface area (TPSA) is 123 Å². The molecule has 9 nitrogen and oxygen atoms in total. The smallest absolute Gasteiger partial charge is 0.330 e. The number of hydrogen-bond acceptors (Lipinski definition) is 6. The van der Waals surface area contributed by atoms with Crippen LogP contribution in [-0.4, -0.2) is 45.4 Å². The zero-order valence-corrected chi connectivity index (χ0v) is 17.7. The lowest BCUT2D eigenvalue weighted by Gasteiger charge is -2.19. The highest BCUT2D eigenvalue weighted by Crippen LogP contribution is 2.29. The molecule has 30 heavy (non-hydrogen) atoms. The number of carbonyl (C=O) groups is 1. The van der Waals surface area contributed by atoms with Crippen molar-refractivity contribution in [3.05, 3.63) is 60.8 Å². The van der Waals surface area contributed by atoms with Gasteiger partial charge in [0.05, 0.1) is 11.1 Å². The third-order valence-corrected chi connectivity index (χ3v) is 5.24. The fourth-order valence-corrected chi connectivity index (χ4v) is 3.48. The molecule has 1 unspecified atom stereocenters. The Morgan fingerprint density at radius 3 is 2.87 bits per heavy atom. The minimum atomic E-state index is -0.906. The van der Waals surface area contributed by atoms with Crippen LogP contribution < -0.4 is 21.3 Å². The number of benzene rings is 1. The van der Waals surface area contributed by atoms with Crippen molar-refractivity contribution in [3.8, 4) is 5.75 Å². The van der Waals surface area contributed by atoms with Gasteiger partial charge < -0.3 is 19.9 Å². The summed E-state index contributed by atoms with van der Waals surface area (Å²) in [5.74, 6) is -0.119. The summed E-state index contributed by atoms with van der Waals surface area (Å²) in [6.07, 6.45) is -1.74. The van der Waals surface area contributed by atoms with Crippen molar-refractivity contribution in [2.75, 3.05) is 6.54 Å². The summed E-state index contributed by atoms with van der Waals surface area (Å²) >= 11 is 11.9. The van der Waals surface area contributed by atoms with Crippen LogP contribution in [0.15, 0.2) is 34.0 Å². The van der Waals surface area contributed by atoms with E-state index in [-0.39, 0.29) is 18.0 Å². The fraction of sp³-hybridized carbons (Fsp3) is 0.421. The van der Waals surface area contributed by atoms with Crippen LogP contribution in [0.25, 0.3) is 0 Å². The number of aromatic amines is 1. The Balaban J connectivity index is 1.58. The minimum absolute atomic E-state index is 0.00956. The highest BCUT2D eigenvalue weighted by molar-refractivity contribution is 6.35. The molecule has 0 aliphatic carbocycles. The lowest BCUT2D eigenvalue weighted by atomic mass is 10.1. The standard InChI is InChI=1S/C19H21Cl2N3O6/c1-9-8-24(19(28)23-17(9)26)16-6-13(25)15(30-16)7-22-18(27)10(2)29-14-4-3-11(20)5-12(14)21/h3-5,8,10,13,15-16,25H,6-7H2,1-2H3,(H,22,27)(H,23,26,28)/t10?,13-,15+,16+/m0/s1. The molecule has 1 aliphatic heterocycles. The van der Waals surface area contributed by atoms with Gasteiger partial charge in [-0.3, -0.25) is 19.1 Å². The number of amides is 1. The quantitative estimate of drug-likeness (QED) is 0.602. The molecule has 1 aliphatic rings. The number of rotatable bonds is 6. The van der Waals surface area contributed by atoms with Crippen LogP contribution in [0.5, 0.6) is 5.75 Å². The second kappa shape index (κ2) is 9.22. The summed E-state index contributed by atoms with van der Waals surface area (Å²) < 4.78 is 12.5. The first-order chi connectivity index (χ1) is 14.2. The van der Waals surface area contributed by atoms with Crippen LogP contribution >= 0.6 is 23.2 Å². The first-order valence-electron chi connectivity index (χ1n) is 9.20. The molecule has 4 atom stereocenters. The fourth-order valence-electron chi connectivity index (χ4n) is 3.03. The number of hydrogen-bond donors (Lipinski definition) is 3. The number of nitrogens with one attached hydrogen (secondary N) is 2. The van der Waals surface area contributed by atoms with Crippen LogP contribution in [0.1, 0.15) is 25.1 Å². The number of aromatic nitrogens is 2. The van der Waals surface area contributed by atoms with E-state index >= 15 is 0 Å². The number of ether oxygens (including phenoxy) is 2. The molecular weight excluding hydrogens is 437 g/mol. The molecule has 1 amide bonds. The number of carbonyl (C=O) groups excluding carboxylic acids is 1. The van der Waals surface area contributed by atoms with Crippen LogP contribution in [0.3, 0.4) is 0 Å². The van der Waals surface area contributed by atoms with E-state index in [1.807, 2.05) is 0 Å². The van der Waals surface area contributed by atoms with Crippen molar-refractivity contribution < 1.29 is 19.4 Å². The summed E-state index contributed by atoms with van der Waals surface area (Å²) in [6.45, 7) is 3.12. The van der Waals surface area contributed by atoms with Gasteiger partial charge in [-0.1, -0.05) is 23.2 Å². The minimum Gasteiger partial charge on any atom is -0.479 e. The van der Waals surface area contributed by atoms with Gasteiger partial charge in [0.15, 0.2) is 6.10 Å². The average Bonchev–Trinajstić information content (AvgIpc) is 3.05. The van der Waals surface area contributed by atoms with E-state index in [2.05, 4.69) is 10.3 Å². The molecule has 0 saturated carbocycles. The number of aliphatic hydroxyl groups is 1. The van der Waals surface area contributed by atoms with Gasteiger partial charge in [0.1, 0.15) is 18.1 Å². The molecular formula is C19H21Cl2N3O6. The Morgan fingerprint density at radius 1 is 1.43 bits per heavy atom. The maximum Gasteiger partial charge on any atom is 0.330 e. The largest absolute Gasteiger partial charge is 0.479 e. The van der Waals surface area contributed by atoms with E-state index in [0.29, 0.717) is 16.3 Å². The highest BCUT2D eigenvalue weighted by Gasteiger charge is 2.36. The Hall–Kier alpha value is -2.33. The third kappa shape index (κ3) is 5.04. The number of aryl methyl sites for hydroxylation is 1. The van der Waals surface area contributed by atoms with Crippen LogP contribution in [0.2, 0.25) is 10.0 Å². The van der Waals surface area contributed by atoms with E-state index < -0.39 is 41.7 Å². The molecule has 162 valence electrons. The Labute approximate surface area is 181 Å². The summed E-state index contributed by atoms with van der Waals surface area (Å²) in [5.41, 5.74) is -0.765. The normalized spacial score (nSPS) is 22.0. The predicted molar refractivity (Wildman–Crippen MR) is 110 cm³/mol. The maximum absolute atomic E-state index is 12.3. The van der Waals surface area contributed by atoms with Crippen LogP contribution in [0.4, 0.5) is 0 Å². The average molecular weight is 458 g/mol. The van der Waals surface area contributed by atoms with Gasteiger partial charge in [-0.25, -0.2) is 4.79 Å². The van der Waals surface area contributed by atoms with Crippen LogP contribution in [-0.2, 0) is 9.53 Å². The Bertz CT molecular complexity index is 1050. The number of H-pyrrole nitrogens is 1. The van der Waals surface area contributed by atoms with Gasteiger partial charge in [0.25, 0.3) is 11.5 Å². The lowest BCUT2D eigenvalue weighted by Crippen LogP contribution is -2.42. The van der Waals surface area contributed by atoms with E-state index in [9.17, 15) is 19.5 Å². The predicted octanol–water partition coefficient (Wildman–Crippen LogP) is 1.38. The van der Waals surface area contributed by atoms with Crippen LogP contribution in [0, 0.1) is 6.92 Å². The van der Waals surface area contributed by atoms with Crippen molar-refractivity contribution in [2.45, 2.75) is 44.8 Å². The Kier molecular flexibility index (Phi) is 6.87. The van der Waals surface area contributed by atoms with Crippen molar-refractivity contribution in [3.63, 3.8) is 0 Å². The SMILES string of the molecule is Cc1cn([C@H]2C[C@H](O)[C@@H](CNC(=O)C(C)Oc3ccc(Cl)cc3Cl)O2)c(=O)[nH]c1=O. The maximum atomic E-state index is 12.3. The Morgan fingerprint density at radius 2 is 2.17 bits per heavy atom. The zero-order valence-electron chi connectivity index (χ0n) is 16.2. The molecule has 0 spiro atoms. The molecule has 2 heterocycles. The van der Waals surface area contributed by atoms with Crippen molar-refractivity contribution in [2.24, 2.45) is 0 Å². The molecule has 3 N–H and O–H groups in total. The van der Waals surface area contributed by atoms with Gasteiger partial charge in [-0.05, 0) is 32.0 Å². The third-order valence-electron chi connectivity index (χ3n) is 4.70. The second-order valence-electron chi connectivity index (χ2n) is 6.99. The second-order valence-corrected chi connectivity index (χ2v) is 7.83. The first-order valence-corrected chi connectivity index (χ1v) is 9.96. The van der Waals surface area contributed by atoms with Crippen molar-refractivity contribution in [1.29, 1.82) is 0 Å². The number of halogens is 2. The monoisotopic (exact) mass is 457 g/mol. The van der Waals surface area contributed by atoms with Crippen molar-refractivity contribution >= 4 is 29.1 Å². The summed E-state index contributed by atoms with van der Waals surface area (Å²) in [7, 11) is 0. The highest BCUT2D eigenvalue weighted by atomic mass is 35.5.